The fourth-order valence-corrected chi connectivity index (χ4v) is 3.15. The predicted molar refractivity (Wildman–Crippen MR) is 112 cm³/mol. The molecule has 1 aromatic heterocycles. The van der Waals surface area contributed by atoms with Crippen LogP contribution < -0.4 is 10.6 Å². The summed E-state index contributed by atoms with van der Waals surface area (Å²) in [6.45, 7) is 7.74. The minimum atomic E-state index is -0.134. The molecule has 2 atom stereocenters. The average Bonchev–Trinajstić information content (AvgIpc) is 2.60. The average molecular weight is 406 g/mol. The fourth-order valence-electron chi connectivity index (χ4n) is 2.97. The molecule has 2 rings (SSSR count). The molecule has 1 amide bonds. The van der Waals surface area contributed by atoms with Crippen molar-refractivity contribution in [3.63, 3.8) is 0 Å². The van der Waals surface area contributed by atoms with E-state index in [1.165, 1.54) is 6.92 Å². The number of carbonyl (C=O) groups excluding carboxylic acids is 1. The van der Waals surface area contributed by atoms with Crippen molar-refractivity contribution in [1.29, 1.82) is 0 Å². The monoisotopic (exact) mass is 405 g/mol. The van der Waals surface area contributed by atoms with Crippen molar-refractivity contribution in [3.8, 4) is 0 Å². The molecular weight excluding hydrogens is 378 g/mol. The van der Waals surface area contributed by atoms with E-state index in [4.69, 9.17) is 11.6 Å². The summed E-state index contributed by atoms with van der Waals surface area (Å²) in [6.07, 6.45) is 1.39. The van der Waals surface area contributed by atoms with Gasteiger partial charge in [-0.25, -0.2) is 4.98 Å². The molecule has 152 valence electrons. The normalized spacial score (nSPS) is 13.2. The van der Waals surface area contributed by atoms with Gasteiger partial charge in [-0.05, 0) is 47.6 Å². The zero-order valence-electron chi connectivity index (χ0n) is 16.7. The summed E-state index contributed by atoms with van der Waals surface area (Å²) < 4.78 is 0. The third kappa shape index (κ3) is 7.05. The molecule has 28 heavy (non-hydrogen) atoms. The van der Waals surface area contributed by atoms with Gasteiger partial charge in [0.1, 0.15) is 5.82 Å². The maximum Gasteiger partial charge on any atom is 0.227 e. The van der Waals surface area contributed by atoms with Crippen molar-refractivity contribution in [2.75, 3.05) is 17.2 Å². The number of aliphatic hydroxyl groups excluding tert-OH is 1. The highest BCUT2D eigenvalue weighted by Gasteiger charge is 2.15. The number of rotatable bonds is 9. The van der Waals surface area contributed by atoms with Crippen molar-refractivity contribution in [1.82, 2.24) is 15.0 Å². The highest BCUT2D eigenvalue weighted by Crippen LogP contribution is 2.22. The summed E-state index contributed by atoms with van der Waals surface area (Å²) in [4.78, 5) is 24.0. The molecule has 8 heteroatoms. The Morgan fingerprint density at radius 1 is 1.14 bits per heavy atom. The van der Waals surface area contributed by atoms with Gasteiger partial charge in [0, 0.05) is 19.0 Å². The number of nitrogens with one attached hydrogen (secondary N) is 2. The van der Waals surface area contributed by atoms with Gasteiger partial charge in [-0.1, -0.05) is 32.9 Å². The molecule has 1 heterocycles. The van der Waals surface area contributed by atoms with Gasteiger partial charge >= 0.3 is 0 Å². The van der Waals surface area contributed by atoms with E-state index < -0.39 is 0 Å². The van der Waals surface area contributed by atoms with Gasteiger partial charge in [0.15, 0.2) is 0 Å². The minimum Gasteiger partial charge on any atom is -0.394 e. The van der Waals surface area contributed by atoms with Crippen LogP contribution in [0.1, 0.15) is 51.4 Å². The number of aliphatic hydroxyl groups is 1. The number of benzene rings is 1. The molecule has 0 fully saturated rings. The van der Waals surface area contributed by atoms with E-state index in [0.717, 1.165) is 17.7 Å². The number of carbonyl (C=O) groups is 1. The Labute approximate surface area is 171 Å². The van der Waals surface area contributed by atoms with E-state index in [-0.39, 0.29) is 29.8 Å². The molecule has 0 aliphatic carbocycles. The molecule has 2 aromatic rings. The Morgan fingerprint density at radius 2 is 1.82 bits per heavy atom. The molecule has 0 saturated carbocycles. The zero-order valence-corrected chi connectivity index (χ0v) is 17.5. The maximum absolute atomic E-state index is 11.1. The lowest BCUT2D eigenvalue weighted by Gasteiger charge is -2.18. The molecule has 0 aliphatic heterocycles. The number of nitrogens with zero attached hydrogens (tertiary/aromatic N) is 3. The number of hydrogen-bond donors (Lipinski definition) is 3. The largest absolute Gasteiger partial charge is 0.394 e. The molecule has 1 aromatic carbocycles. The first-order valence-corrected chi connectivity index (χ1v) is 9.80. The molecule has 0 saturated heterocycles. The summed E-state index contributed by atoms with van der Waals surface area (Å²) in [7, 11) is 0. The Hall–Kier alpha value is -2.25. The van der Waals surface area contributed by atoms with E-state index in [0.29, 0.717) is 24.1 Å². The number of aromatic nitrogens is 3. The van der Waals surface area contributed by atoms with E-state index in [1.54, 1.807) is 0 Å². The van der Waals surface area contributed by atoms with Crippen molar-refractivity contribution >= 4 is 29.1 Å². The molecule has 3 N–H and O–H groups in total. The lowest BCUT2D eigenvalue weighted by molar-refractivity contribution is -0.114. The first-order chi connectivity index (χ1) is 13.3. The second-order valence-corrected chi connectivity index (χ2v) is 7.74. The van der Waals surface area contributed by atoms with Crippen molar-refractivity contribution in [2.24, 2.45) is 5.92 Å². The second-order valence-electron chi connectivity index (χ2n) is 7.41. The van der Waals surface area contributed by atoms with Gasteiger partial charge < -0.3 is 15.7 Å². The van der Waals surface area contributed by atoms with Crippen LogP contribution in [0.3, 0.4) is 0 Å². The Bertz CT molecular complexity index is 783. The molecule has 7 nitrogen and oxygen atoms in total. The summed E-state index contributed by atoms with van der Waals surface area (Å²) in [5, 5.41) is 15.6. The molecule has 0 spiro atoms. The van der Waals surface area contributed by atoms with Crippen molar-refractivity contribution < 1.29 is 9.90 Å². The van der Waals surface area contributed by atoms with E-state index >= 15 is 0 Å². The van der Waals surface area contributed by atoms with Crippen molar-refractivity contribution in [3.05, 3.63) is 40.9 Å². The highest BCUT2D eigenvalue weighted by molar-refractivity contribution is 6.28. The molecular formula is C20H28ClN5O2. The Balaban J connectivity index is 2.08. The molecule has 0 aliphatic rings. The van der Waals surface area contributed by atoms with Gasteiger partial charge in [0.25, 0.3) is 0 Å². The molecule has 0 bridgehead atoms. The number of hydrogen-bond acceptors (Lipinski definition) is 6. The smallest absolute Gasteiger partial charge is 0.227 e. The van der Waals surface area contributed by atoms with Crippen LogP contribution in [0.4, 0.5) is 11.6 Å². The lowest BCUT2D eigenvalue weighted by Crippen LogP contribution is -2.27. The predicted octanol–water partition coefficient (Wildman–Crippen LogP) is 3.65. The van der Waals surface area contributed by atoms with Gasteiger partial charge in [0.2, 0.25) is 17.1 Å². The van der Waals surface area contributed by atoms with Crippen LogP contribution in [0.5, 0.6) is 0 Å². The van der Waals surface area contributed by atoms with Gasteiger partial charge in [-0.15, -0.1) is 0 Å². The third-order valence-electron chi connectivity index (χ3n) is 4.25. The quantitative estimate of drug-likeness (QED) is 0.588. The van der Waals surface area contributed by atoms with Crippen LogP contribution in [-0.2, 0) is 11.2 Å². The highest BCUT2D eigenvalue weighted by atomic mass is 35.5. The fraction of sp³-hybridized carbons (Fsp3) is 0.500. The Kier molecular flexibility index (Phi) is 8.14. The summed E-state index contributed by atoms with van der Waals surface area (Å²) >= 11 is 6.08. The van der Waals surface area contributed by atoms with Crippen LogP contribution >= 0.6 is 11.6 Å². The van der Waals surface area contributed by atoms with Gasteiger partial charge in [-0.2, -0.15) is 9.97 Å². The topological polar surface area (TPSA) is 100 Å². The standard InChI is InChI=1S/C20H28ClN5O2/c1-12(2)9-17(11-27)23-20-25-18(24-19(21)26-20)10-13(3)15-5-7-16(8-6-15)22-14(4)28/h5-8,12-13,17,27H,9-11H2,1-4H3,(H,22,28)(H,23,24,25,26). The first-order valence-electron chi connectivity index (χ1n) is 9.42. The number of anilines is 2. The SMILES string of the molecule is CC(=O)Nc1ccc(C(C)Cc2nc(Cl)nc(NC(CO)CC(C)C)n2)cc1. The van der Waals surface area contributed by atoms with E-state index in [9.17, 15) is 9.90 Å². The van der Waals surface area contributed by atoms with E-state index in [1.807, 2.05) is 24.3 Å². The van der Waals surface area contributed by atoms with Crippen LogP contribution in [0.15, 0.2) is 24.3 Å². The number of halogens is 1. The first kappa shape index (κ1) is 22.0. The third-order valence-corrected chi connectivity index (χ3v) is 4.42. The second kappa shape index (κ2) is 10.3. The zero-order chi connectivity index (χ0) is 20.7. The van der Waals surface area contributed by atoms with Crippen LogP contribution in [0.25, 0.3) is 0 Å². The number of amides is 1. The van der Waals surface area contributed by atoms with Crippen LogP contribution in [-0.4, -0.2) is 38.6 Å². The van der Waals surface area contributed by atoms with Gasteiger partial charge in [-0.3, -0.25) is 4.79 Å². The Morgan fingerprint density at radius 3 is 2.39 bits per heavy atom. The van der Waals surface area contributed by atoms with Crippen LogP contribution in [0.2, 0.25) is 5.28 Å². The van der Waals surface area contributed by atoms with Gasteiger partial charge in [0.05, 0.1) is 12.6 Å². The molecule has 0 radical (unpaired) electrons. The molecule has 2 unspecified atom stereocenters. The summed E-state index contributed by atoms with van der Waals surface area (Å²) in [5.41, 5.74) is 1.87. The minimum absolute atomic E-state index is 0.00609. The summed E-state index contributed by atoms with van der Waals surface area (Å²) in [6, 6.07) is 7.56. The van der Waals surface area contributed by atoms with Crippen LogP contribution in [0, 0.1) is 5.92 Å². The lowest BCUT2D eigenvalue weighted by atomic mass is 9.97. The summed E-state index contributed by atoms with van der Waals surface area (Å²) in [5.74, 6) is 1.45. The van der Waals surface area contributed by atoms with Crippen molar-refractivity contribution in [2.45, 2.75) is 52.5 Å². The maximum atomic E-state index is 11.1. The van der Waals surface area contributed by atoms with E-state index in [2.05, 4.69) is 46.4 Å².